The number of hydrogen-bond acceptors (Lipinski definition) is 1. The van der Waals surface area contributed by atoms with E-state index in [9.17, 15) is 0 Å². The van der Waals surface area contributed by atoms with Crippen LogP contribution < -0.4 is 10.6 Å². The average Bonchev–Trinajstić information content (AvgIpc) is 2.35. The van der Waals surface area contributed by atoms with Gasteiger partial charge in [0.25, 0.3) is 0 Å². The van der Waals surface area contributed by atoms with E-state index in [2.05, 4.69) is 23.2 Å². The molecular formula is C8H5N. The zero-order valence-corrected chi connectivity index (χ0v) is 4.89. The summed E-state index contributed by atoms with van der Waals surface area (Å²) >= 11 is 0. The van der Waals surface area contributed by atoms with Crippen LogP contribution in [-0.4, -0.2) is 6.54 Å². The molecule has 0 fully saturated rings. The Morgan fingerprint density at radius 1 is 1.33 bits per heavy atom. The van der Waals surface area contributed by atoms with E-state index in [0.717, 1.165) is 6.54 Å². The molecule has 0 bridgehead atoms. The molecule has 9 heavy (non-hydrogen) atoms. The SMILES string of the molecule is c1cc2c3c(c1)=NCC=32. The molecule has 0 atom stereocenters. The molecule has 0 N–H and O–H groups in total. The first-order valence-corrected chi connectivity index (χ1v) is 3.14. The molecule has 1 aromatic rings. The largest absolute Gasteiger partial charge is 0.280 e. The molecule has 1 aromatic carbocycles. The van der Waals surface area contributed by atoms with Crippen molar-refractivity contribution in [1.29, 1.82) is 0 Å². The van der Waals surface area contributed by atoms with Gasteiger partial charge in [-0.25, -0.2) is 0 Å². The maximum atomic E-state index is 4.30. The summed E-state index contributed by atoms with van der Waals surface area (Å²) in [6.45, 7) is 0.945. The summed E-state index contributed by atoms with van der Waals surface area (Å²) in [6.07, 6.45) is 0. The van der Waals surface area contributed by atoms with E-state index in [1.807, 2.05) is 0 Å². The van der Waals surface area contributed by atoms with Gasteiger partial charge >= 0.3 is 0 Å². The van der Waals surface area contributed by atoms with E-state index in [-0.39, 0.29) is 0 Å². The van der Waals surface area contributed by atoms with Crippen molar-refractivity contribution in [3.05, 3.63) is 34.3 Å². The smallest absolute Gasteiger partial charge is 0.0660 e. The summed E-state index contributed by atoms with van der Waals surface area (Å²) in [6, 6.07) is 6.32. The Labute approximate surface area is 52.4 Å². The van der Waals surface area contributed by atoms with Crippen molar-refractivity contribution >= 4 is 5.57 Å². The molecule has 42 valence electrons. The molecule has 0 amide bonds. The number of rotatable bonds is 0. The van der Waals surface area contributed by atoms with E-state index >= 15 is 0 Å². The predicted molar refractivity (Wildman–Crippen MR) is 34.6 cm³/mol. The Morgan fingerprint density at radius 2 is 2.33 bits per heavy atom. The van der Waals surface area contributed by atoms with E-state index in [4.69, 9.17) is 0 Å². The molecule has 0 saturated carbocycles. The highest BCUT2D eigenvalue weighted by atomic mass is 14.8. The third kappa shape index (κ3) is 0.289. The van der Waals surface area contributed by atoms with Gasteiger partial charge in [0.05, 0.1) is 11.9 Å². The molecule has 1 heteroatoms. The molecule has 3 rings (SSSR count). The summed E-state index contributed by atoms with van der Waals surface area (Å²) in [5, 5.41) is 2.65. The van der Waals surface area contributed by atoms with Crippen molar-refractivity contribution in [3.63, 3.8) is 0 Å². The normalized spacial score (nSPS) is 17.1. The van der Waals surface area contributed by atoms with Crippen LogP contribution in [0.1, 0.15) is 5.56 Å². The second kappa shape index (κ2) is 0.947. The lowest BCUT2D eigenvalue weighted by Gasteiger charge is -1.86. The van der Waals surface area contributed by atoms with Crippen LogP contribution in [0, 0.1) is 0 Å². The van der Waals surface area contributed by atoms with Gasteiger partial charge in [-0.1, -0.05) is 12.1 Å². The van der Waals surface area contributed by atoms with Crippen LogP contribution in [0.15, 0.2) is 23.2 Å². The molecule has 1 aliphatic carbocycles. The molecule has 1 aliphatic heterocycles. The van der Waals surface area contributed by atoms with Crippen molar-refractivity contribution in [2.75, 3.05) is 6.54 Å². The fourth-order valence-electron chi connectivity index (χ4n) is 1.50. The van der Waals surface area contributed by atoms with Gasteiger partial charge in [0.2, 0.25) is 0 Å². The third-order valence-electron chi connectivity index (χ3n) is 2.01. The first-order valence-electron chi connectivity index (χ1n) is 3.14. The second-order valence-electron chi connectivity index (χ2n) is 2.49. The number of hydrogen-bond donors (Lipinski definition) is 0. The van der Waals surface area contributed by atoms with Crippen LogP contribution in [0.2, 0.25) is 0 Å². The van der Waals surface area contributed by atoms with Gasteiger partial charge in [0, 0.05) is 5.22 Å². The minimum atomic E-state index is 0.945. The van der Waals surface area contributed by atoms with Crippen LogP contribution in [0.3, 0.4) is 0 Å². The fraction of sp³-hybridized carbons (Fsp3) is 0.125. The topological polar surface area (TPSA) is 12.4 Å². The van der Waals surface area contributed by atoms with Gasteiger partial charge in [0.15, 0.2) is 0 Å². The highest BCUT2D eigenvalue weighted by molar-refractivity contribution is 5.82. The summed E-state index contributed by atoms with van der Waals surface area (Å²) in [5.74, 6) is 0. The molecule has 0 aromatic heterocycles. The lowest BCUT2D eigenvalue weighted by molar-refractivity contribution is 1.19. The Balaban J connectivity index is 2.74. The molecule has 1 nitrogen and oxygen atoms in total. The summed E-state index contributed by atoms with van der Waals surface area (Å²) in [5.41, 5.74) is 2.94. The monoisotopic (exact) mass is 115 g/mol. The van der Waals surface area contributed by atoms with Crippen molar-refractivity contribution in [3.8, 4) is 0 Å². The quantitative estimate of drug-likeness (QED) is 0.445. The number of fused-ring (bicyclic) bond motifs is 1. The van der Waals surface area contributed by atoms with Crippen molar-refractivity contribution in [1.82, 2.24) is 0 Å². The summed E-state index contributed by atoms with van der Waals surface area (Å²) in [7, 11) is 0. The van der Waals surface area contributed by atoms with Gasteiger partial charge in [-0.2, -0.15) is 0 Å². The van der Waals surface area contributed by atoms with Crippen molar-refractivity contribution in [2.24, 2.45) is 4.99 Å². The van der Waals surface area contributed by atoms with Crippen molar-refractivity contribution < 1.29 is 0 Å². The summed E-state index contributed by atoms with van der Waals surface area (Å²) < 4.78 is 0. The zero-order valence-electron chi connectivity index (χ0n) is 4.89. The van der Waals surface area contributed by atoms with E-state index in [1.165, 1.54) is 21.7 Å². The van der Waals surface area contributed by atoms with Crippen molar-refractivity contribution in [2.45, 2.75) is 0 Å². The van der Waals surface area contributed by atoms with Gasteiger partial charge in [0.1, 0.15) is 0 Å². The van der Waals surface area contributed by atoms with Gasteiger partial charge in [-0.3, -0.25) is 4.99 Å². The van der Waals surface area contributed by atoms with E-state index in [0.29, 0.717) is 0 Å². The Bertz CT molecular complexity index is 401. The third-order valence-corrected chi connectivity index (χ3v) is 2.01. The second-order valence-corrected chi connectivity index (χ2v) is 2.49. The van der Waals surface area contributed by atoms with E-state index < -0.39 is 0 Å². The molecular weight excluding hydrogens is 110 g/mol. The van der Waals surface area contributed by atoms with Crippen LogP contribution in [-0.2, 0) is 0 Å². The number of nitrogens with zero attached hydrogens (tertiary/aromatic N) is 1. The van der Waals surface area contributed by atoms with Crippen LogP contribution in [0.25, 0.3) is 5.57 Å². The lowest BCUT2D eigenvalue weighted by Crippen LogP contribution is -2.14. The highest BCUT2D eigenvalue weighted by Gasteiger charge is 2.22. The standard InChI is InChI=1S/C8H5N/c1-2-5-6-4-9-7(3-1)8(5)6/h1-3H,4H2. The molecule has 0 unspecified atom stereocenters. The lowest BCUT2D eigenvalue weighted by atomic mass is 10.3. The number of benzene rings is 1. The summed E-state index contributed by atoms with van der Waals surface area (Å²) in [4.78, 5) is 4.30. The van der Waals surface area contributed by atoms with Crippen LogP contribution in [0.5, 0.6) is 0 Å². The zero-order chi connectivity index (χ0) is 5.84. The highest BCUT2D eigenvalue weighted by Crippen LogP contribution is 2.18. The minimum Gasteiger partial charge on any atom is -0.280 e. The predicted octanol–water partition coefficient (Wildman–Crippen LogP) is -0.168. The maximum absolute atomic E-state index is 4.30. The van der Waals surface area contributed by atoms with Crippen LogP contribution >= 0.6 is 0 Å². The van der Waals surface area contributed by atoms with Gasteiger partial charge in [-0.05, 0) is 17.2 Å². The maximum Gasteiger partial charge on any atom is 0.0660 e. The Morgan fingerprint density at radius 3 is 3.11 bits per heavy atom. The molecule has 2 aliphatic rings. The van der Waals surface area contributed by atoms with Gasteiger partial charge in [-0.15, -0.1) is 0 Å². The Kier molecular flexibility index (Phi) is 0.403. The molecule has 0 spiro atoms. The molecule has 1 heterocycles. The average molecular weight is 115 g/mol. The Hall–Kier alpha value is -1.11. The van der Waals surface area contributed by atoms with E-state index in [1.54, 1.807) is 0 Å². The fourth-order valence-corrected chi connectivity index (χ4v) is 1.50. The first kappa shape index (κ1) is 3.83. The molecule has 0 radical (unpaired) electrons. The minimum absolute atomic E-state index is 0.945. The first-order chi connectivity index (χ1) is 4.47. The molecule has 0 saturated heterocycles. The van der Waals surface area contributed by atoms with Gasteiger partial charge < -0.3 is 0 Å². The van der Waals surface area contributed by atoms with Crippen LogP contribution in [0.4, 0.5) is 0 Å².